The van der Waals surface area contributed by atoms with E-state index >= 15 is 0 Å². The Labute approximate surface area is 80.3 Å². The zero-order valence-electron chi connectivity index (χ0n) is 8.08. The van der Waals surface area contributed by atoms with Crippen LogP contribution < -0.4 is 0 Å². The minimum atomic E-state index is -0.449. The first kappa shape index (κ1) is 9.47. The van der Waals surface area contributed by atoms with Crippen LogP contribution in [0.2, 0.25) is 0 Å². The van der Waals surface area contributed by atoms with Crippen LogP contribution in [0.1, 0.15) is 44.9 Å². The van der Waals surface area contributed by atoms with Gasteiger partial charge in [0.05, 0.1) is 12.2 Å². The minimum absolute atomic E-state index is 0.0133. The normalized spacial score (nSPS) is 36.7. The van der Waals surface area contributed by atoms with Gasteiger partial charge in [-0.25, -0.2) is 5.11 Å². The number of rotatable bonds is 2. The summed E-state index contributed by atoms with van der Waals surface area (Å²) >= 11 is 0. The summed E-state index contributed by atoms with van der Waals surface area (Å²) in [4.78, 5) is 0. The number of ether oxygens (including phenoxy) is 1. The molecule has 0 saturated heterocycles. The predicted molar refractivity (Wildman–Crippen MR) is 49.8 cm³/mol. The molecule has 2 rings (SSSR count). The van der Waals surface area contributed by atoms with Crippen LogP contribution >= 0.6 is 0 Å². The van der Waals surface area contributed by atoms with Crippen molar-refractivity contribution < 1.29 is 9.84 Å². The zero-order valence-corrected chi connectivity index (χ0v) is 8.08. The fraction of sp³-hybridized carbons (Fsp3) is 0.909. The summed E-state index contributed by atoms with van der Waals surface area (Å²) in [5.41, 5.74) is 0. The summed E-state index contributed by atoms with van der Waals surface area (Å²) < 4.78 is 5.80. The van der Waals surface area contributed by atoms with Crippen molar-refractivity contribution in [3.05, 3.63) is 6.42 Å². The van der Waals surface area contributed by atoms with E-state index in [9.17, 15) is 5.11 Å². The molecule has 0 N–H and O–H groups in total. The molecule has 0 aromatic carbocycles. The molecule has 3 unspecified atom stereocenters. The Morgan fingerprint density at radius 2 is 2.00 bits per heavy atom. The highest BCUT2D eigenvalue weighted by Gasteiger charge is 2.30. The first-order chi connectivity index (χ1) is 6.36. The SMILES string of the molecule is [O]C1CCCC1OC1[CH]CCCC1. The molecular weight excluding hydrogens is 164 g/mol. The van der Waals surface area contributed by atoms with Gasteiger partial charge in [-0.2, -0.15) is 0 Å². The van der Waals surface area contributed by atoms with E-state index in [2.05, 4.69) is 6.42 Å². The highest BCUT2D eigenvalue weighted by Crippen LogP contribution is 2.27. The summed E-state index contributed by atoms with van der Waals surface area (Å²) in [6.07, 6.45) is 9.81. The van der Waals surface area contributed by atoms with Crippen molar-refractivity contribution in [3.8, 4) is 0 Å². The molecule has 3 atom stereocenters. The summed E-state index contributed by atoms with van der Waals surface area (Å²) in [6.45, 7) is 0. The van der Waals surface area contributed by atoms with Crippen molar-refractivity contribution in [1.29, 1.82) is 0 Å². The Morgan fingerprint density at radius 3 is 2.62 bits per heavy atom. The molecule has 0 aromatic rings. The van der Waals surface area contributed by atoms with Gasteiger partial charge in [0.25, 0.3) is 0 Å². The minimum Gasteiger partial charge on any atom is -0.372 e. The van der Waals surface area contributed by atoms with E-state index in [1.807, 2.05) is 0 Å². The largest absolute Gasteiger partial charge is 0.372 e. The molecule has 74 valence electrons. The molecule has 2 aliphatic rings. The molecule has 0 bridgehead atoms. The first-order valence-corrected chi connectivity index (χ1v) is 5.51. The van der Waals surface area contributed by atoms with E-state index in [0.29, 0.717) is 0 Å². The topological polar surface area (TPSA) is 29.1 Å². The second kappa shape index (κ2) is 4.43. The van der Waals surface area contributed by atoms with E-state index in [1.54, 1.807) is 0 Å². The molecule has 2 saturated carbocycles. The van der Waals surface area contributed by atoms with Crippen LogP contribution in [-0.2, 0) is 9.84 Å². The average Bonchev–Trinajstić information content (AvgIpc) is 2.54. The molecule has 0 heterocycles. The molecule has 13 heavy (non-hydrogen) atoms. The van der Waals surface area contributed by atoms with Crippen LogP contribution in [0.4, 0.5) is 0 Å². The standard InChI is InChI=1S/C11H18O2/c12-10-7-4-8-11(10)13-9-5-2-1-3-6-9/h5,9-11H,1-4,6-8H2. The fourth-order valence-corrected chi connectivity index (χ4v) is 2.31. The second-order valence-electron chi connectivity index (χ2n) is 4.20. The monoisotopic (exact) mass is 182 g/mol. The molecule has 2 fully saturated rings. The molecule has 2 radical (unpaired) electrons. The van der Waals surface area contributed by atoms with Crippen molar-refractivity contribution in [2.75, 3.05) is 0 Å². The Balaban J connectivity index is 1.75. The fourth-order valence-electron chi connectivity index (χ4n) is 2.31. The van der Waals surface area contributed by atoms with Gasteiger partial charge in [0, 0.05) is 0 Å². The molecular formula is C11H18O2. The molecule has 2 nitrogen and oxygen atoms in total. The summed E-state index contributed by atoms with van der Waals surface area (Å²) in [7, 11) is 0. The van der Waals surface area contributed by atoms with E-state index in [-0.39, 0.29) is 12.2 Å². The predicted octanol–water partition coefficient (Wildman–Crippen LogP) is 2.50. The lowest BCUT2D eigenvalue weighted by atomic mass is 9.97. The maximum absolute atomic E-state index is 11.4. The van der Waals surface area contributed by atoms with Crippen LogP contribution in [0.15, 0.2) is 0 Å². The van der Waals surface area contributed by atoms with Gasteiger partial charge in [-0.15, -0.1) is 0 Å². The third-order valence-corrected chi connectivity index (χ3v) is 3.11. The third-order valence-electron chi connectivity index (χ3n) is 3.11. The molecule has 2 heteroatoms. The van der Waals surface area contributed by atoms with Crippen LogP contribution in [0.5, 0.6) is 0 Å². The quantitative estimate of drug-likeness (QED) is 0.645. The van der Waals surface area contributed by atoms with Crippen molar-refractivity contribution >= 4 is 0 Å². The number of hydrogen-bond acceptors (Lipinski definition) is 1. The van der Waals surface area contributed by atoms with Crippen molar-refractivity contribution in [2.24, 2.45) is 0 Å². The molecule has 2 aliphatic carbocycles. The zero-order chi connectivity index (χ0) is 9.10. The van der Waals surface area contributed by atoms with Crippen molar-refractivity contribution in [2.45, 2.75) is 63.3 Å². The Hall–Kier alpha value is -0.0800. The maximum Gasteiger partial charge on any atom is 0.119 e. The molecule has 0 amide bonds. The van der Waals surface area contributed by atoms with Gasteiger partial charge in [0.15, 0.2) is 0 Å². The van der Waals surface area contributed by atoms with Gasteiger partial charge in [0.1, 0.15) is 6.10 Å². The highest BCUT2D eigenvalue weighted by molar-refractivity contribution is 4.85. The van der Waals surface area contributed by atoms with Gasteiger partial charge in [-0.3, -0.25) is 0 Å². The third kappa shape index (κ3) is 2.44. The second-order valence-corrected chi connectivity index (χ2v) is 4.20. The van der Waals surface area contributed by atoms with Gasteiger partial charge in [-0.05, 0) is 38.5 Å². The lowest BCUT2D eigenvalue weighted by Crippen LogP contribution is -2.29. The van der Waals surface area contributed by atoms with Gasteiger partial charge < -0.3 is 4.74 Å². The molecule has 0 aliphatic heterocycles. The van der Waals surface area contributed by atoms with Crippen LogP contribution in [0.3, 0.4) is 0 Å². The molecule has 0 aromatic heterocycles. The average molecular weight is 182 g/mol. The lowest BCUT2D eigenvalue weighted by Gasteiger charge is -2.26. The van der Waals surface area contributed by atoms with Crippen molar-refractivity contribution in [3.63, 3.8) is 0 Å². The highest BCUT2D eigenvalue weighted by atomic mass is 16.5. The Bertz CT molecular complexity index is 152. The summed E-state index contributed by atoms with van der Waals surface area (Å²) in [5, 5.41) is 11.4. The summed E-state index contributed by atoms with van der Waals surface area (Å²) in [5.74, 6) is 0. The van der Waals surface area contributed by atoms with Crippen LogP contribution in [0, 0.1) is 6.42 Å². The van der Waals surface area contributed by atoms with E-state index in [1.165, 1.54) is 19.3 Å². The van der Waals surface area contributed by atoms with Gasteiger partial charge >= 0.3 is 0 Å². The lowest BCUT2D eigenvalue weighted by molar-refractivity contribution is -0.0790. The van der Waals surface area contributed by atoms with Gasteiger partial charge in [-0.1, -0.05) is 12.8 Å². The Kier molecular flexibility index (Phi) is 3.23. The van der Waals surface area contributed by atoms with Crippen LogP contribution in [0.25, 0.3) is 0 Å². The number of hydrogen-bond donors (Lipinski definition) is 0. The van der Waals surface area contributed by atoms with E-state index < -0.39 is 6.10 Å². The van der Waals surface area contributed by atoms with Crippen LogP contribution in [-0.4, -0.2) is 18.3 Å². The molecule has 0 spiro atoms. The Morgan fingerprint density at radius 1 is 1.08 bits per heavy atom. The van der Waals surface area contributed by atoms with E-state index in [4.69, 9.17) is 4.74 Å². The summed E-state index contributed by atoms with van der Waals surface area (Å²) in [6, 6.07) is 0. The van der Waals surface area contributed by atoms with Gasteiger partial charge in [0.2, 0.25) is 0 Å². The first-order valence-electron chi connectivity index (χ1n) is 5.51. The van der Waals surface area contributed by atoms with Crippen molar-refractivity contribution in [1.82, 2.24) is 0 Å². The van der Waals surface area contributed by atoms with E-state index in [0.717, 1.165) is 25.7 Å². The smallest absolute Gasteiger partial charge is 0.119 e. The maximum atomic E-state index is 11.4.